The number of carboxylic acid groups (broad SMARTS) is 1. The maximum atomic E-state index is 13.1. The van der Waals surface area contributed by atoms with Crippen molar-refractivity contribution in [1.29, 1.82) is 0 Å². The van der Waals surface area contributed by atoms with Gasteiger partial charge in [0.15, 0.2) is 11.6 Å². The van der Waals surface area contributed by atoms with Crippen LogP contribution in [0.1, 0.15) is 11.6 Å². The van der Waals surface area contributed by atoms with E-state index in [-0.39, 0.29) is 5.56 Å². The van der Waals surface area contributed by atoms with Crippen molar-refractivity contribution in [1.82, 2.24) is 0 Å². The van der Waals surface area contributed by atoms with Crippen LogP contribution < -0.4 is 10.5 Å². The SMILES string of the molecule is N[C@@H](C(=O)O)c1ccc(OC(F)(F)F)c(F)c1. The van der Waals surface area contributed by atoms with Gasteiger partial charge >= 0.3 is 12.3 Å². The molecule has 1 rings (SSSR count). The molecule has 1 aromatic rings. The first-order valence-corrected chi connectivity index (χ1v) is 4.24. The predicted molar refractivity (Wildman–Crippen MR) is 47.6 cm³/mol. The Hall–Kier alpha value is -1.83. The first-order valence-electron chi connectivity index (χ1n) is 4.24. The molecule has 0 spiro atoms. The minimum absolute atomic E-state index is 0.162. The van der Waals surface area contributed by atoms with Crippen LogP contribution in [-0.4, -0.2) is 17.4 Å². The van der Waals surface area contributed by atoms with Crippen LogP contribution in [0.4, 0.5) is 17.6 Å². The van der Waals surface area contributed by atoms with Crippen molar-refractivity contribution in [2.45, 2.75) is 12.4 Å². The number of halogens is 4. The normalized spacial score (nSPS) is 13.2. The van der Waals surface area contributed by atoms with Crippen LogP contribution in [0.15, 0.2) is 18.2 Å². The monoisotopic (exact) mass is 253 g/mol. The van der Waals surface area contributed by atoms with Gasteiger partial charge in [-0.1, -0.05) is 6.07 Å². The van der Waals surface area contributed by atoms with E-state index in [2.05, 4.69) is 4.74 Å². The molecule has 0 amide bonds. The summed E-state index contributed by atoms with van der Waals surface area (Å²) in [7, 11) is 0. The van der Waals surface area contributed by atoms with Crippen LogP contribution in [0.25, 0.3) is 0 Å². The van der Waals surface area contributed by atoms with Crippen molar-refractivity contribution in [2.24, 2.45) is 5.73 Å². The highest BCUT2D eigenvalue weighted by molar-refractivity contribution is 5.75. The highest BCUT2D eigenvalue weighted by Crippen LogP contribution is 2.27. The summed E-state index contributed by atoms with van der Waals surface area (Å²) in [5, 5.41) is 8.52. The number of aliphatic carboxylic acids is 1. The first-order chi connectivity index (χ1) is 7.70. The third-order valence-corrected chi connectivity index (χ3v) is 1.81. The van der Waals surface area contributed by atoms with Crippen molar-refractivity contribution in [2.75, 3.05) is 0 Å². The van der Waals surface area contributed by atoms with Crippen molar-refractivity contribution in [3.8, 4) is 5.75 Å². The van der Waals surface area contributed by atoms with Gasteiger partial charge < -0.3 is 15.6 Å². The molecular formula is C9H7F4NO3. The average Bonchev–Trinajstić information content (AvgIpc) is 2.18. The molecule has 17 heavy (non-hydrogen) atoms. The Morgan fingerprint density at radius 2 is 2.00 bits per heavy atom. The number of benzene rings is 1. The molecule has 0 fully saturated rings. The summed E-state index contributed by atoms with van der Waals surface area (Å²) in [6.07, 6.45) is -5.02. The second-order valence-corrected chi connectivity index (χ2v) is 3.05. The van der Waals surface area contributed by atoms with E-state index in [4.69, 9.17) is 10.8 Å². The zero-order valence-electron chi connectivity index (χ0n) is 8.16. The van der Waals surface area contributed by atoms with E-state index >= 15 is 0 Å². The van der Waals surface area contributed by atoms with Crippen LogP contribution in [-0.2, 0) is 4.79 Å². The highest BCUT2D eigenvalue weighted by atomic mass is 19.4. The van der Waals surface area contributed by atoms with E-state index in [1.807, 2.05) is 0 Å². The highest BCUT2D eigenvalue weighted by Gasteiger charge is 2.32. The van der Waals surface area contributed by atoms with Crippen molar-refractivity contribution < 1.29 is 32.2 Å². The zero-order chi connectivity index (χ0) is 13.2. The largest absolute Gasteiger partial charge is 0.573 e. The zero-order valence-corrected chi connectivity index (χ0v) is 8.16. The number of carbonyl (C=O) groups is 1. The molecule has 0 unspecified atom stereocenters. The van der Waals surface area contributed by atoms with Gasteiger partial charge in [0.2, 0.25) is 0 Å². The lowest BCUT2D eigenvalue weighted by Crippen LogP contribution is -2.21. The quantitative estimate of drug-likeness (QED) is 0.806. The lowest BCUT2D eigenvalue weighted by molar-refractivity contribution is -0.275. The summed E-state index contributed by atoms with van der Waals surface area (Å²) < 4.78 is 51.9. The molecule has 8 heteroatoms. The van der Waals surface area contributed by atoms with Crippen LogP contribution in [0, 0.1) is 5.82 Å². The molecule has 0 aliphatic rings. The number of alkyl halides is 3. The Balaban J connectivity index is 2.98. The van der Waals surface area contributed by atoms with Crippen molar-refractivity contribution in [3.63, 3.8) is 0 Å². The molecular weight excluding hydrogens is 246 g/mol. The smallest absolute Gasteiger partial charge is 0.480 e. The van der Waals surface area contributed by atoms with Gasteiger partial charge in [0.25, 0.3) is 0 Å². The molecule has 1 aromatic carbocycles. The average molecular weight is 253 g/mol. The summed E-state index contributed by atoms with van der Waals surface area (Å²) in [4.78, 5) is 10.5. The molecule has 0 bridgehead atoms. The molecule has 4 nitrogen and oxygen atoms in total. The van der Waals surface area contributed by atoms with E-state index in [1.54, 1.807) is 0 Å². The molecule has 0 heterocycles. The summed E-state index contributed by atoms with van der Waals surface area (Å²) in [6, 6.07) is 0.688. The van der Waals surface area contributed by atoms with E-state index < -0.39 is 29.9 Å². The van der Waals surface area contributed by atoms with Gasteiger partial charge in [-0.25, -0.2) is 4.39 Å². The molecule has 94 valence electrons. The van der Waals surface area contributed by atoms with Crippen molar-refractivity contribution in [3.05, 3.63) is 29.6 Å². The molecule has 0 aliphatic heterocycles. The molecule has 3 N–H and O–H groups in total. The van der Waals surface area contributed by atoms with E-state index in [1.165, 1.54) is 0 Å². The predicted octanol–water partition coefficient (Wildman–Crippen LogP) is 1.81. The van der Waals surface area contributed by atoms with Crippen LogP contribution >= 0.6 is 0 Å². The lowest BCUT2D eigenvalue weighted by Gasteiger charge is -2.11. The fourth-order valence-electron chi connectivity index (χ4n) is 1.06. The minimum Gasteiger partial charge on any atom is -0.480 e. The maximum Gasteiger partial charge on any atom is 0.573 e. The van der Waals surface area contributed by atoms with Crippen LogP contribution in [0.5, 0.6) is 5.75 Å². The Bertz CT molecular complexity index is 433. The third kappa shape index (κ3) is 3.59. The second-order valence-electron chi connectivity index (χ2n) is 3.05. The number of ether oxygens (including phenoxy) is 1. The lowest BCUT2D eigenvalue weighted by atomic mass is 10.1. The van der Waals surface area contributed by atoms with Gasteiger partial charge in [-0.2, -0.15) is 0 Å². The Labute approximate surface area is 92.6 Å². The minimum atomic E-state index is -5.02. The summed E-state index contributed by atoms with van der Waals surface area (Å²) in [5.41, 5.74) is 4.99. The molecule has 1 atom stereocenters. The van der Waals surface area contributed by atoms with Gasteiger partial charge in [-0.05, 0) is 17.7 Å². The van der Waals surface area contributed by atoms with Gasteiger partial charge in [-0.15, -0.1) is 13.2 Å². The molecule has 0 radical (unpaired) electrons. The van der Waals surface area contributed by atoms with Crippen LogP contribution in [0.3, 0.4) is 0 Å². The van der Waals surface area contributed by atoms with Crippen LogP contribution in [0.2, 0.25) is 0 Å². The van der Waals surface area contributed by atoms with Gasteiger partial charge in [0, 0.05) is 0 Å². The standard InChI is InChI=1S/C9H7F4NO3/c10-5-3-4(7(14)8(15)16)1-2-6(5)17-9(11,12)13/h1-3,7H,14H2,(H,15,16)/t7-/m1/s1. The van der Waals surface area contributed by atoms with Gasteiger partial charge in [0.1, 0.15) is 6.04 Å². The van der Waals surface area contributed by atoms with Crippen molar-refractivity contribution >= 4 is 5.97 Å². The Morgan fingerprint density at radius 3 is 2.41 bits per heavy atom. The second kappa shape index (κ2) is 4.58. The molecule has 0 aromatic heterocycles. The Kier molecular flexibility index (Phi) is 3.56. The summed E-state index contributed by atoms with van der Waals surface area (Å²) >= 11 is 0. The maximum absolute atomic E-state index is 13.1. The summed E-state index contributed by atoms with van der Waals surface area (Å²) in [5.74, 6) is -3.80. The van der Waals surface area contributed by atoms with E-state index in [0.717, 1.165) is 6.07 Å². The van der Waals surface area contributed by atoms with Gasteiger partial charge in [-0.3, -0.25) is 4.79 Å². The van der Waals surface area contributed by atoms with Gasteiger partial charge in [0.05, 0.1) is 0 Å². The van der Waals surface area contributed by atoms with E-state index in [9.17, 15) is 22.4 Å². The molecule has 0 saturated carbocycles. The fourth-order valence-corrected chi connectivity index (χ4v) is 1.06. The third-order valence-electron chi connectivity index (χ3n) is 1.81. The fraction of sp³-hybridized carbons (Fsp3) is 0.222. The first kappa shape index (κ1) is 13.2. The number of carboxylic acids is 1. The molecule has 0 aliphatic carbocycles. The number of nitrogens with two attached hydrogens (primary N) is 1. The number of hydrogen-bond donors (Lipinski definition) is 2. The number of rotatable bonds is 3. The Morgan fingerprint density at radius 1 is 1.41 bits per heavy atom. The summed E-state index contributed by atoms with van der Waals surface area (Å²) in [6.45, 7) is 0. The molecule has 0 saturated heterocycles. The number of hydrogen-bond acceptors (Lipinski definition) is 3. The van der Waals surface area contributed by atoms with E-state index in [0.29, 0.717) is 12.1 Å². The topological polar surface area (TPSA) is 72.6 Å².